The summed E-state index contributed by atoms with van der Waals surface area (Å²) >= 11 is 0. The molecule has 4 rings (SSSR count). The van der Waals surface area contributed by atoms with E-state index in [1.807, 2.05) is 26.0 Å². The number of hydrogen-bond acceptors (Lipinski definition) is 7. The van der Waals surface area contributed by atoms with Gasteiger partial charge >= 0.3 is 0 Å². The zero-order valence-electron chi connectivity index (χ0n) is 20.5. The second kappa shape index (κ2) is 10.5. The third-order valence-corrected chi connectivity index (χ3v) is 7.71. The van der Waals surface area contributed by atoms with Gasteiger partial charge in [-0.25, -0.2) is 13.4 Å². The van der Waals surface area contributed by atoms with Gasteiger partial charge in [-0.1, -0.05) is 19.1 Å². The number of nitrogens with two attached hydrogens (primary N) is 1. The summed E-state index contributed by atoms with van der Waals surface area (Å²) in [6.45, 7) is 7.62. The highest BCUT2D eigenvalue weighted by atomic mass is 32.2. The van der Waals surface area contributed by atoms with Crippen molar-refractivity contribution in [3.05, 3.63) is 54.2 Å². The Morgan fingerprint density at radius 1 is 1.09 bits per heavy atom. The Bertz CT molecular complexity index is 1290. The van der Waals surface area contributed by atoms with Crippen LogP contribution >= 0.6 is 0 Å². The zero-order chi connectivity index (χ0) is 25.0. The van der Waals surface area contributed by atoms with Gasteiger partial charge in [0.25, 0.3) is 0 Å². The summed E-state index contributed by atoms with van der Waals surface area (Å²) in [5, 5.41) is 3.37. The number of nitrogens with zero attached hydrogens (tertiary/aromatic N) is 2. The van der Waals surface area contributed by atoms with Gasteiger partial charge in [-0.2, -0.15) is 0 Å². The molecule has 1 fully saturated rings. The lowest BCUT2D eigenvalue weighted by Crippen LogP contribution is -2.43. The summed E-state index contributed by atoms with van der Waals surface area (Å²) in [7, 11) is -1.90. The molecule has 8 nitrogen and oxygen atoms in total. The van der Waals surface area contributed by atoms with Crippen molar-refractivity contribution in [3.63, 3.8) is 0 Å². The average Bonchev–Trinajstić information content (AvgIpc) is 2.86. The van der Waals surface area contributed by atoms with E-state index < -0.39 is 10.0 Å². The van der Waals surface area contributed by atoms with E-state index >= 15 is 0 Å². The quantitative estimate of drug-likeness (QED) is 0.435. The minimum absolute atomic E-state index is 0.0437. The van der Waals surface area contributed by atoms with Crippen molar-refractivity contribution < 1.29 is 13.2 Å². The van der Waals surface area contributed by atoms with Crippen LogP contribution in [0.2, 0.25) is 0 Å². The van der Waals surface area contributed by atoms with E-state index in [4.69, 9.17) is 10.5 Å². The van der Waals surface area contributed by atoms with Crippen LogP contribution in [-0.2, 0) is 10.0 Å². The van der Waals surface area contributed by atoms with Gasteiger partial charge in [0.2, 0.25) is 10.0 Å². The Hall–Kier alpha value is -3.30. The van der Waals surface area contributed by atoms with Crippen LogP contribution in [0.1, 0.15) is 18.9 Å². The zero-order valence-corrected chi connectivity index (χ0v) is 21.3. The molecular weight excluding hydrogens is 462 g/mol. The lowest BCUT2D eigenvalue weighted by Gasteiger charge is -2.29. The van der Waals surface area contributed by atoms with Crippen LogP contribution in [-0.4, -0.2) is 52.4 Å². The lowest BCUT2D eigenvalue weighted by molar-refractivity contribution is 0.412. The van der Waals surface area contributed by atoms with Crippen LogP contribution < -0.4 is 25.4 Å². The maximum absolute atomic E-state index is 12.5. The molecular formula is C26H33N5O3S. The van der Waals surface area contributed by atoms with E-state index in [2.05, 4.69) is 44.2 Å². The molecule has 0 unspecified atom stereocenters. The Balaban J connectivity index is 1.69. The lowest BCUT2D eigenvalue weighted by atomic mass is 9.98. The smallest absolute Gasteiger partial charge is 0.232 e. The minimum atomic E-state index is -3.47. The molecule has 0 atom stereocenters. The number of ether oxygens (including phenoxy) is 1. The highest BCUT2D eigenvalue weighted by Crippen LogP contribution is 2.37. The number of rotatable bonds is 8. The maximum Gasteiger partial charge on any atom is 0.232 e. The number of methoxy groups -OCH3 is 1. The molecule has 2 aromatic carbocycles. The van der Waals surface area contributed by atoms with Crippen molar-refractivity contribution in [1.29, 1.82) is 0 Å². The number of anilines is 3. The van der Waals surface area contributed by atoms with Crippen molar-refractivity contribution in [2.24, 2.45) is 0 Å². The van der Waals surface area contributed by atoms with Crippen molar-refractivity contribution in [1.82, 2.24) is 10.3 Å². The normalized spacial score (nSPS) is 14.1. The van der Waals surface area contributed by atoms with Crippen LogP contribution in [0.3, 0.4) is 0 Å². The fraction of sp³-hybridized carbons (Fsp3) is 0.346. The summed E-state index contributed by atoms with van der Waals surface area (Å²) in [6, 6.07) is 14.1. The van der Waals surface area contributed by atoms with Gasteiger partial charge < -0.3 is 20.7 Å². The molecule has 0 radical (unpaired) electrons. The van der Waals surface area contributed by atoms with Gasteiger partial charge in [0.1, 0.15) is 11.6 Å². The van der Waals surface area contributed by atoms with Crippen molar-refractivity contribution in [3.8, 4) is 28.0 Å². The second-order valence-corrected chi connectivity index (χ2v) is 10.6. The molecule has 0 saturated carbocycles. The number of benzene rings is 2. The third kappa shape index (κ3) is 5.68. The summed E-state index contributed by atoms with van der Waals surface area (Å²) in [5.74, 6) is 0.976. The number of hydrogen-bond donors (Lipinski definition) is 3. The predicted octanol–water partition coefficient (Wildman–Crippen LogP) is 3.88. The van der Waals surface area contributed by atoms with Crippen LogP contribution in [0.25, 0.3) is 22.3 Å². The van der Waals surface area contributed by atoms with E-state index in [1.165, 1.54) is 5.69 Å². The van der Waals surface area contributed by atoms with Crippen molar-refractivity contribution in [2.75, 3.05) is 54.4 Å². The Kier molecular flexibility index (Phi) is 7.47. The van der Waals surface area contributed by atoms with E-state index in [9.17, 15) is 8.42 Å². The Labute approximate surface area is 207 Å². The first-order valence-electron chi connectivity index (χ1n) is 11.8. The molecule has 186 valence electrons. The van der Waals surface area contributed by atoms with Crippen molar-refractivity contribution >= 4 is 27.2 Å². The first kappa shape index (κ1) is 24.8. The van der Waals surface area contributed by atoms with Crippen molar-refractivity contribution in [2.45, 2.75) is 20.3 Å². The molecule has 3 aromatic rings. The average molecular weight is 496 g/mol. The number of piperazine rings is 1. The SMILES string of the molecule is CCCS(=O)(=O)Nc1cc(-c2cc(-c3ccc(N4CCNCC4)cc3)cnc2N)cc(OC)c1C. The van der Waals surface area contributed by atoms with E-state index in [0.29, 0.717) is 34.8 Å². The predicted molar refractivity (Wildman–Crippen MR) is 144 cm³/mol. The molecule has 1 aliphatic heterocycles. The number of sulfonamides is 1. The number of pyridine rings is 1. The van der Waals surface area contributed by atoms with E-state index in [1.54, 1.807) is 19.4 Å². The Morgan fingerprint density at radius 2 is 1.80 bits per heavy atom. The Morgan fingerprint density at radius 3 is 2.46 bits per heavy atom. The summed E-state index contributed by atoms with van der Waals surface area (Å²) < 4.78 is 33.1. The van der Waals surface area contributed by atoms with Crippen LogP contribution in [0.4, 0.5) is 17.2 Å². The highest BCUT2D eigenvalue weighted by Gasteiger charge is 2.17. The highest BCUT2D eigenvalue weighted by molar-refractivity contribution is 7.92. The fourth-order valence-corrected chi connectivity index (χ4v) is 5.49. The molecule has 0 bridgehead atoms. The summed E-state index contributed by atoms with van der Waals surface area (Å²) in [6.07, 6.45) is 2.28. The van der Waals surface area contributed by atoms with Crippen LogP contribution in [0.5, 0.6) is 5.75 Å². The molecule has 1 aromatic heterocycles. The van der Waals surface area contributed by atoms with Gasteiger partial charge in [0, 0.05) is 54.8 Å². The molecule has 9 heteroatoms. The minimum Gasteiger partial charge on any atom is -0.496 e. The summed E-state index contributed by atoms with van der Waals surface area (Å²) in [4.78, 5) is 6.80. The van der Waals surface area contributed by atoms with Gasteiger partial charge in [-0.3, -0.25) is 4.72 Å². The van der Waals surface area contributed by atoms with Gasteiger partial charge in [0.15, 0.2) is 0 Å². The molecule has 0 spiro atoms. The molecule has 0 aliphatic carbocycles. The van der Waals surface area contributed by atoms with Gasteiger partial charge in [-0.05, 0) is 54.8 Å². The third-order valence-electron chi connectivity index (χ3n) is 6.23. The van der Waals surface area contributed by atoms with Gasteiger partial charge in [0.05, 0.1) is 18.6 Å². The van der Waals surface area contributed by atoms with E-state index in [0.717, 1.165) is 42.9 Å². The molecule has 0 amide bonds. The number of nitrogens with one attached hydrogen (secondary N) is 2. The molecule has 1 aliphatic rings. The van der Waals surface area contributed by atoms with Crippen LogP contribution in [0.15, 0.2) is 48.7 Å². The standard InChI is InChI=1S/C26H33N5O3S/c1-4-13-35(32,33)30-24-15-20(16-25(34-3)18(24)2)23-14-21(17-29-26(23)27)19-5-7-22(8-6-19)31-11-9-28-10-12-31/h5-8,14-17,28,30H,4,9-13H2,1-3H3,(H2,27,29). The first-order chi connectivity index (χ1) is 16.8. The molecule has 2 heterocycles. The van der Waals surface area contributed by atoms with Gasteiger partial charge in [-0.15, -0.1) is 0 Å². The number of aromatic nitrogens is 1. The largest absolute Gasteiger partial charge is 0.496 e. The topological polar surface area (TPSA) is 110 Å². The second-order valence-electron chi connectivity index (χ2n) is 8.71. The summed E-state index contributed by atoms with van der Waals surface area (Å²) in [5.41, 5.74) is 12.0. The molecule has 1 saturated heterocycles. The van der Waals surface area contributed by atoms with E-state index in [-0.39, 0.29) is 5.75 Å². The van der Waals surface area contributed by atoms with Crippen LogP contribution in [0, 0.1) is 6.92 Å². The molecule has 35 heavy (non-hydrogen) atoms. The first-order valence-corrected chi connectivity index (χ1v) is 13.5. The molecule has 4 N–H and O–H groups in total. The fourth-order valence-electron chi connectivity index (χ4n) is 4.30. The maximum atomic E-state index is 12.5. The number of nitrogen functional groups attached to an aromatic ring is 1. The monoisotopic (exact) mass is 495 g/mol.